The van der Waals surface area contributed by atoms with Gasteiger partial charge >= 0.3 is 0 Å². The van der Waals surface area contributed by atoms with Crippen LogP contribution in [0.5, 0.6) is 0 Å². The number of aliphatic hydroxyl groups is 4. The molecule has 2 fully saturated rings. The smallest absolute Gasteiger partial charge is 0.177 e. The molecule has 4 unspecified atom stereocenters. The van der Waals surface area contributed by atoms with Gasteiger partial charge in [-0.05, 0) is 30.3 Å². The van der Waals surface area contributed by atoms with E-state index in [4.69, 9.17) is 21.1 Å². The molecule has 0 amide bonds. The number of nitrogens with two attached hydrogens (primary N) is 1. The van der Waals surface area contributed by atoms with Crippen molar-refractivity contribution >= 4 is 51.4 Å². The van der Waals surface area contributed by atoms with Crippen LogP contribution in [0, 0.1) is 5.41 Å². The van der Waals surface area contributed by atoms with Gasteiger partial charge in [0.2, 0.25) is 0 Å². The molecule has 0 aliphatic carbocycles. The van der Waals surface area contributed by atoms with Gasteiger partial charge in [0.05, 0.1) is 46.9 Å². The third-order valence-electron chi connectivity index (χ3n) is 7.62. The molecule has 3 aliphatic heterocycles. The number of aliphatic hydroxyl groups excluding tert-OH is 4. The van der Waals surface area contributed by atoms with Crippen molar-refractivity contribution in [2.75, 3.05) is 36.0 Å². The maximum Gasteiger partial charge on any atom is 0.177 e. The normalized spacial score (nSPS) is 26.7. The van der Waals surface area contributed by atoms with Crippen LogP contribution in [0.25, 0.3) is 11.0 Å². The lowest BCUT2D eigenvalue weighted by Gasteiger charge is -2.20. The Morgan fingerprint density at radius 2 is 1.19 bits per heavy atom. The van der Waals surface area contributed by atoms with E-state index in [9.17, 15) is 20.4 Å². The number of amidine groups is 2. The summed E-state index contributed by atoms with van der Waals surface area (Å²) in [5.74, 6) is 1.34. The quantitative estimate of drug-likeness (QED) is 0.164. The Morgan fingerprint density at radius 1 is 0.738 bits per heavy atom. The molecule has 3 aliphatic rings. The monoisotopic (exact) mass is 571 g/mol. The molecule has 8 N–H and O–H groups in total. The molecule has 7 rings (SSSR count). The van der Waals surface area contributed by atoms with E-state index >= 15 is 0 Å². The minimum absolute atomic E-state index is 0.0278. The SMILES string of the molecule is N=C1C=C(N)C(=Nc2c(N3CC(O)C(O)C3)nn3ccccc23)N/C1=N\c1c(N2CC(O)C(O)C2)nn2ccccc12. The van der Waals surface area contributed by atoms with E-state index in [1.807, 2.05) is 36.4 Å². The van der Waals surface area contributed by atoms with E-state index < -0.39 is 24.4 Å². The predicted octanol–water partition coefficient (Wildman–Crippen LogP) is -0.709. The van der Waals surface area contributed by atoms with E-state index in [1.165, 1.54) is 6.08 Å². The first kappa shape index (κ1) is 26.1. The van der Waals surface area contributed by atoms with Crippen LogP contribution < -0.4 is 20.9 Å². The second kappa shape index (κ2) is 9.92. The van der Waals surface area contributed by atoms with Crippen molar-refractivity contribution in [3.8, 4) is 0 Å². The van der Waals surface area contributed by atoms with Crippen LogP contribution in [0.3, 0.4) is 0 Å². The standard InChI is InChI=1S/C27H29N11O4/c28-14-9-15(29)25(31-23-17-6-2-4-8-38(17)34-27(23)36-12-20(41)21(42)13-36)32-24(14)30-22-16-5-1-3-7-37(16)33-26(22)35-10-18(39)19(40)11-35/h1-9,18-21,28,39-42H,10-13,29H2,(H,30,31,32). The topological polar surface area (TPSA) is 209 Å². The third-order valence-corrected chi connectivity index (χ3v) is 7.62. The van der Waals surface area contributed by atoms with Crippen LogP contribution in [-0.4, -0.2) is 108 Å². The second-order valence-electron chi connectivity index (χ2n) is 10.5. The number of aromatic nitrogens is 4. The van der Waals surface area contributed by atoms with Crippen LogP contribution >= 0.6 is 0 Å². The maximum atomic E-state index is 10.2. The Balaban J connectivity index is 1.31. The molecule has 0 bridgehead atoms. The van der Waals surface area contributed by atoms with Crippen molar-refractivity contribution in [3.05, 3.63) is 60.6 Å². The van der Waals surface area contributed by atoms with E-state index in [2.05, 4.69) is 15.5 Å². The number of nitrogens with zero attached hydrogens (tertiary/aromatic N) is 8. The predicted molar refractivity (Wildman–Crippen MR) is 156 cm³/mol. The molecule has 0 spiro atoms. The number of rotatable bonds is 4. The van der Waals surface area contributed by atoms with E-state index in [1.54, 1.807) is 31.2 Å². The first-order valence-electron chi connectivity index (χ1n) is 13.4. The van der Waals surface area contributed by atoms with Gasteiger partial charge in [0.15, 0.2) is 23.3 Å². The average Bonchev–Trinajstić information content (AvgIpc) is 3.71. The fourth-order valence-electron chi connectivity index (χ4n) is 5.42. The molecular formula is C27H29N11O4. The van der Waals surface area contributed by atoms with E-state index in [0.29, 0.717) is 34.0 Å². The van der Waals surface area contributed by atoms with Crippen LogP contribution in [0.2, 0.25) is 0 Å². The molecule has 4 aromatic heterocycles. The summed E-state index contributed by atoms with van der Waals surface area (Å²) in [6, 6.07) is 11.1. The first-order chi connectivity index (χ1) is 20.3. The minimum atomic E-state index is -0.916. The molecule has 4 atom stereocenters. The molecule has 0 radical (unpaired) electrons. The Morgan fingerprint density at radius 3 is 1.67 bits per heavy atom. The Hall–Kier alpha value is -4.83. The van der Waals surface area contributed by atoms with Crippen LogP contribution in [-0.2, 0) is 0 Å². The van der Waals surface area contributed by atoms with Gasteiger partial charge < -0.3 is 41.3 Å². The summed E-state index contributed by atoms with van der Waals surface area (Å²) in [6.07, 6.45) is 1.35. The number of pyridine rings is 2. The third kappa shape index (κ3) is 4.35. The minimum Gasteiger partial charge on any atom is -0.396 e. The zero-order valence-corrected chi connectivity index (χ0v) is 22.3. The lowest BCUT2D eigenvalue weighted by molar-refractivity contribution is 0.0572. The van der Waals surface area contributed by atoms with Crippen molar-refractivity contribution in [1.82, 2.24) is 24.5 Å². The van der Waals surface area contributed by atoms with Gasteiger partial charge in [-0.15, -0.1) is 10.2 Å². The fourth-order valence-corrected chi connectivity index (χ4v) is 5.42. The molecule has 15 nitrogen and oxygen atoms in total. The van der Waals surface area contributed by atoms with Crippen LogP contribution in [0.4, 0.5) is 23.0 Å². The molecule has 0 saturated carbocycles. The largest absolute Gasteiger partial charge is 0.396 e. The van der Waals surface area contributed by atoms with Gasteiger partial charge in [-0.3, -0.25) is 5.41 Å². The molecule has 15 heteroatoms. The highest BCUT2D eigenvalue weighted by Gasteiger charge is 2.35. The van der Waals surface area contributed by atoms with Gasteiger partial charge in [-0.25, -0.2) is 19.0 Å². The lowest BCUT2D eigenvalue weighted by atomic mass is 10.2. The van der Waals surface area contributed by atoms with Gasteiger partial charge in [0.1, 0.15) is 11.4 Å². The van der Waals surface area contributed by atoms with Crippen molar-refractivity contribution in [2.24, 2.45) is 15.7 Å². The Kier molecular flexibility index (Phi) is 6.16. The van der Waals surface area contributed by atoms with Crippen molar-refractivity contribution < 1.29 is 20.4 Å². The van der Waals surface area contributed by atoms with Crippen molar-refractivity contribution in [1.29, 1.82) is 5.41 Å². The fraction of sp³-hybridized carbons (Fsp3) is 0.296. The summed E-state index contributed by atoms with van der Waals surface area (Å²) in [5.41, 5.74) is 8.85. The highest BCUT2D eigenvalue weighted by Crippen LogP contribution is 2.36. The average molecular weight is 572 g/mol. The number of hydrogen-bond donors (Lipinski definition) is 7. The Labute approximate surface area is 238 Å². The molecule has 7 heterocycles. The lowest BCUT2D eigenvalue weighted by Crippen LogP contribution is -2.42. The highest BCUT2D eigenvalue weighted by molar-refractivity contribution is 6.50. The van der Waals surface area contributed by atoms with Crippen LogP contribution in [0.15, 0.2) is 70.5 Å². The zero-order chi connectivity index (χ0) is 29.1. The number of anilines is 2. The van der Waals surface area contributed by atoms with Crippen LogP contribution in [0.1, 0.15) is 0 Å². The zero-order valence-electron chi connectivity index (χ0n) is 22.3. The molecule has 216 valence electrons. The second-order valence-corrected chi connectivity index (χ2v) is 10.5. The van der Waals surface area contributed by atoms with Gasteiger partial charge in [-0.1, -0.05) is 12.1 Å². The number of β-amino-alcohol motifs (C(OH)–C–C–N with tert-alkyl or cyclic N) is 4. The maximum absolute atomic E-state index is 10.2. The molecule has 42 heavy (non-hydrogen) atoms. The van der Waals surface area contributed by atoms with E-state index in [0.717, 1.165) is 0 Å². The molecule has 4 aromatic rings. The molecular weight excluding hydrogens is 542 g/mol. The van der Waals surface area contributed by atoms with Gasteiger partial charge in [-0.2, -0.15) is 0 Å². The summed E-state index contributed by atoms with van der Waals surface area (Å²) < 4.78 is 3.32. The summed E-state index contributed by atoms with van der Waals surface area (Å²) in [5, 5.41) is 61.7. The van der Waals surface area contributed by atoms with Crippen molar-refractivity contribution in [3.63, 3.8) is 0 Å². The molecule has 2 saturated heterocycles. The first-order valence-corrected chi connectivity index (χ1v) is 13.4. The van der Waals surface area contributed by atoms with Gasteiger partial charge in [0.25, 0.3) is 0 Å². The summed E-state index contributed by atoms with van der Waals surface area (Å²) in [7, 11) is 0. The number of hydrogen-bond acceptors (Lipinski definition) is 12. The number of aliphatic imine (C=N–C) groups is 2. The van der Waals surface area contributed by atoms with Gasteiger partial charge in [0, 0.05) is 38.6 Å². The Bertz CT molecular complexity index is 1790. The number of nitrogens with one attached hydrogen (secondary N) is 2. The summed E-state index contributed by atoms with van der Waals surface area (Å²) >= 11 is 0. The van der Waals surface area contributed by atoms with Crippen molar-refractivity contribution in [2.45, 2.75) is 24.4 Å². The van der Waals surface area contributed by atoms with E-state index in [-0.39, 0.29) is 49.3 Å². The highest BCUT2D eigenvalue weighted by atomic mass is 16.3. The summed E-state index contributed by atoms with van der Waals surface area (Å²) in [6.45, 7) is 0.752. The molecule has 0 aromatic carbocycles. The summed E-state index contributed by atoms with van der Waals surface area (Å²) in [4.78, 5) is 13.2. The number of fused-ring (bicyclic) bond motifs is 2.